The molecule has 6 rings (SSSR count). The standard InChI is InChI=1S/C29H27ClN6O3/c1-16-3-10-26(37)27-21-7-4-17(11-24(21)34-36(16)27)14-32-29(39)20-8-6-19(13-22(20)30)35-15-33-23-9-5-18(12-25(23)35)28(38)31-2/h3,5-6,8-10,12-13,15,17,37H,4,7,11,14H2,1-2H3,(H,31,38)(H,32,39). The second-order valence-electron chi connectivity index (χ2n) is 9.93. The monoisotopic (exact) mass is 542 g/mol. The number of pyridine rings is 1. The number of nitrogens with zero attached hydrogens (tertiary/aromatic N) is 4. The third-order valence-electron chi connectivity index (χ3n) is 7.47. The summed E-state index contributed by atoms with van der Waals surface area (Å²) in [6.45, 7) is 2.47. The molecule has 3 N–H and O–H groups in total. The van der Waals surface area contributed by atoms with Crippen molar-refractivity contribution in [3.8, 4) is 11.4 Å². The smallest absolute Gasteiger partial charge is 0.252 e. The number of aromatic hydroxyl groups is 1. The highest BCUT2D eigenvalue weighted by molar-refractivity contribution is 6.34. The van der Waals surface area contributed by atoms with Crippen LogP contribution in [0.4, 0.5) is 0 Å². The van der Waals surface area contributed by atoms with Crippen LogP contribution in [0.5, 0.6) is 5.75 Å². The van der Waals surface area contributed by atoms with Crippen LogP contribution < -0.4 is 10.6 Å². The first-order valence-electron chi connectivity index (χ1n) is 12.8. The lowest BCUT2D eigenvalue weighted by molar-refractivity contribution is 0.0942. The number of imidazole rings is 1. The molecule has 0 radical (unpaired) electrons. The van der Waals surface area contributed by atoms with Crippen LogP contribution in [0.25, 0.3) is 22.2 Å². The lowest BCUT2D eigenvalue weighted by Crippen LogP contribution is -2.32. The Morgan fingerprint density at radius 2 is 1.97 bits per heavy atom. The number of hydrogen-bond donors (Lipinski definition) is 3. The predicted molar refractivity (Wildman–Crippen MR) is 149 cm³/mol. The lowest BCUT2D eigenvalue weighted by atomic mass is 9.87. The maximum Gasteiger partial charge on any atom is 0.252 e. The second-order valence-corrected chi connectivity index (χ2v) is 10.3. The van der Waals surface area contributed by atoms with Crippen molar-refractivity contribution < 1.29 is 14.7 Å². The Bertz CT molecular complexity index is 1770. The minimum absolute atomic E-state index is 0.182. The molecule has 2 amide bonds. The Labute approximate surface area is 229 Å². The molecule has 0 fully saturated rings. The van der Waals surface area contributed by atoms with Gasteiger partial charge in [-0.2, -0.15) is 5.10 Å². The number of carbonyl (C=O) groups is 2. The van der Waals surface area contributed by atoms with Gasteiger partial charge in [-0.1, -0.05) is 11.6 Å². The van der Waals surface area contributed by atoms with Crippen LogP contribution in [-0.2, 0) is 12.8 Å². The molecule has 0 aliphatic heterocycles. The summed E-state index contributed by atoms with van der Waals surface area (Å²) in [6.07, 6.45) is 4.09. The normalized spacial score (nSPS) is 14.9. The van der Waals surface area contributed by atoms with Crippen molar-refractivity contribution in [1.29, 1.82) is 0 Å². The van der Waals surface area contributed by atoms with E-state index in [0.29, 0.717) is 22.7 Å². The number of hydrogen-bond acceptors (Lipinski definition) is 5. The van der Waals surface area contributed by atoms with Gasteiger partial charge < -0.3 is 15.7 Å². The number of amides is 2. The van der Waals surface area contributed by atoms with E-state index in [1.807, 2.05) is 28.1 Å². The van der Waals surface area contributed by atoms with Crippen molar-refractivity contribution in [1.82, 2.24) is 29.8 Å². The van der Waals surface area contributed by atoms with Crippen molar-refractivity contribution in [2.24, 2.45) is 5.92 Å². The summed E-state index contributed by atoms with van der Waals surface area (Å²) in [4.78, 5) is 29.5. The second kappa shape index (κ2) is 9.74. The van der Waals surface area contributed by atoms with E-state index in [-0.39, 0.29) is 23.5 Å². The number of carbonyl (C=O) groups excluding carboxylic acids is 2. The van der Waals surface area contributed by atoms with E-state index in [1.54, 1.807) is 49.8 Å². The molecule has 1 unspecified atom stereocenters. The fourth-order valence-electron chi connectivity index (χ4n) is 5.36. The average molecular weight is 543 g/mol. The fourth-order valence-corrected chi connectivity index (χ4v) is 5.62. The summed E-state index contributed by atoms with van der Waals surface area (Å²) in [5.74, 6) is 0.0602. The lowest BCUT2D eigenvalue weighted by Gasteiger charge is -2.22. The maximum atomic E-state index is 13.0. The molecule has 3 aromatic heterocycles. The largest absolute Gasteiger partial charge is 0.506 e. The summed E-state index contributed by atoms with van der Waals surface area (Å²) < 4.78 is 3.65. The third kappa shape index (κ3) is 4.38. The summed E-state index contributed by atoms with van der Waals surface area (Å²) in [7, 11) is 1.59. The zero-order chi connectivity index (χ0) is 27.3. The van der Waals surface area contributed by atoms with Gasteiger partial charge >= 0.3 is 0 Å². The molecule has 198 valence electrons. The van der Waals surface area contributed by atoms with Gasteiger partial charge in [0.1, 0.15) is 17.6 Å². The minimum atomic E-state index is -0.238. The third-order valence-corrected chi connectivity index (χ3v) is 7.79. The van der Waals surface area contributed by atoms with Crippen LogP contribution in [0.15, 0.2) is 54.9 Å². The first-order valence-corrected chi connectivity index (χ1v) is 13.2. The van der Waals surface area contributed by atoms with Crippen molar-refractivity contribution in [2.75, 3.05) is 13.6 Å². The minimum Gasteiger partial charge on any atom is -0.506 e. The van der Waals surface area contributed by atoms with E-state index in [1.165, 1.54) is 0 Å². The number of aryl methyl sites for hydroxylation is 2. The van der Waals surface area contributed by atoms with E-state index in [0.717, 1.165) is 58.5 Å². The SMILES string of the molecule is CNC(=O)c1ccc2ncn(-c3ccc(C(=O)NCC4CCc5c(nn6c(C)ccc(O)c56)C4)c(Cl)c3)c2c1. The van der Waals surface area contributed by atoms with E-state index >= 15 is 0 Å². The van der Waals surface area contributed by atoms with Gasteiger partial charge in [0.2, 0.25) is 0 Å². The molecular weight excluding hydrogens is 516 g/mol. The van der Waals surface area contributed by atoms with E-state index in [9.17, 15) is 14.7 Å². The van der Waals surface area contributed by atoms with E-state index in [2.05, 4.69) is 15.6 Å². The van der Waals surface area contributed by atoms with Gasteiger partial charge in [-0.15, -0.1) is 0 Å². The molecule has 9 nitrogen and oxygen atoms in total. The highest BCUT2D eigenvalue weighted by atomic mass is 35.5. The number of nitrogens with one attached hydrogen (secondary N) is 2. The zero-order valence-electron chi connectivity index (χ0n) is 21.5. The average Bonchev–Trinajstić information content (AvgIpc) is 3.55. The Morgan fingerprint density at radius 1 is 1.13 bits per heavy atom. The molecule has 10 heteroatoms. The first-order chi connectivity index (χ1) is 18.8. The number of halogens is 1. The van der Waals surface area contributed by atoms with Crippen molar-refractivity contribution in [3.05, 3.63) is 88.0 Å². The maximum absolute atomic E-state index is 13.0. The molecule has 1 aliphatic rings. The molecule has 3 heterocycles. The van der Waals surface area contributed by atoms with Crippen LogP contribution in [0.1, 0.15) is 44.1 Å². The van der Waals surface area contributed by atoms with Gasteiger partial charge in [0, 0.05) is 36.1 Å². The Balaban J connectivity index is 1.17. The van der Waals surface area contributed by atoms with Crippen LogP contribution in [0, 0.1) is 12.8 Å². The predicted octanol–water partition coefficient (Wildman–Crippen LogP) is 4.24. The highest BCUT2D eigenvalue weighted by Gasteiger charge is 2.26. The summed E-state index contributed by atoms with van der Waals surface area (Å²) in [6, 6.07) is 14.1. The number of rotatable bonds is 5. The van der Waals surface area contributed by atoms with E-state index < -0.39 is 0 Å². The molecule has 5 aromatic rings. The van der Waals surface area contributed by atoms with Gasteiger partial charge in [0.05, 0.1) is 27.3 Å². The molecular formula is C29H27ClN6O3. The fraction of sp³-hybridized carbons (Fsp3) is 0.241. The number of aromatic nitrogens is 4. The molecule has 2 aromatic carbocycles. The molecule has 0 saturated heterocycles. The van der Waals surface area contributed by atoms with Crippen molar-refractivity contribution in [3.63, 3.8) is 0 Å². The molecule has 1 aliphatic carbocycles. The van der Waals surface area contributed by atoms with Crippen LogP contribution in [-0.4, -0.2) is 49.7 Å². The summed E-state index contributed by atoms with van der Waals surface area (Å²) >= 11 is 6.56. The molecule has 1 atom stereocenters. The summed E-state index contributed by atoms with van der Waals surface area (Å²) in [5, 5.41) is 21.1. The van der Waals surface area contributed by atoms with Gasteiger partial charge in [-0.3, -0.25) is 14.2 Å². The molecule has 0 bridgehead atoms. The Morgan fingerprint density at radius 3 is 2.77 bits per heavy atom. The zero-order valence-corrected chi connectivity index (χ0v) is 22.3. The van der Waals surface area contributed by atoms with E-state index in [4.69, 9.17) is 16.7 Å². The van der Waals surface area contributed by atoms with Crippen molar-refractivity contribution in [2.45, 2.75) is 26.2 Å². The van der Waals surface area contributed by atoms with Crippen LogP contribution in [0.2, 0.25) is 5.02 Å². The topological polar surface area (TPSA) is 114 Å². The van der Waals surface area contributed by atoms with Crippen LogP contribution in [0.3, 0.4) is 0 Å². The summed E-state index contributed by atoms with van der Waals surface area (Å²) in [5.41, 5.74) is 6.97. The quantitative estimate of drug-likeness (QED) is 0.307. The number of fused-ring (bicyclic) bond motifs is 4. The highest BCUT2D eigenvalue weighted by Crippen LogP contribution is 2.33. The first kappa shape index (κ1) is 24.9. The molecule has 0 saturated carbocycles. The van der Waals surface area contributed by atoms with Gasteiger partial charge in [-0.05, 0) is 80.6 Å². The number of benzene rings is 2. The van der Waals surface area contributed by atoms with Gasteiger partial charge in [0.15, 0.2) is 0 Å². The van der Waals surface area contributed by atoms with Crippen molar-refractivity contribution >= 4 is 40.0 Å². The Kier molecular flexibility index (Phi) is 6.23. The Hall–Kier alpha value is -4.37. The van der Waals surface area contributed by atoms with Gasteiger partial charge in [0.25, 0.3) is 11.8 Å². The molecule has 39 heavy (non-hydrogen) atoms. The molecule has 0 spiro atoms. The van der Waals surface area contributed by atoms with Gasteiger partial charge in [-0.25, -0.2) is 9.50 Å². The van der Waals surface area contributed by atoms with Crippen LogP contribution >= 0.6 is 11.6 Å².